The van der Waals surface area contributed by atoms with Gasteiger partial charge in [-0.25, -0.2) is 0 Å². The maximum absolute atomic E-state index is 12.5. The van der Waals surface area contributed by atoms with Crippen LogP contribution in [0.5, 0.6) is 0 Å². The van der Waals surface area contributed by atoms with E-state index in [2.05, 4.69) is 5.32 Å². The van der Waals surface area contributed by atoms with Gasteiger partial charge in [-0.15, -0.1) is 0 Å². The fourth-order valence-electron chi connectivity index (χ4n) is 3.02. The molecule has 1 saturated carbocycles. The molecule has 0 aromatic carbocycles. The maximum Gasteiger partial charge on any atom is 0.223 e. The molecule has 1 aliphatic carbocycles. The van der Waals surface area contributed by atoms with E-state index in [0.29, 0.717) is 24.9 Å². The zero-order valence-corrected chi connectivity index (χ0v) is 12.0. The fourth-order valence-corrected chi connectivity index (χ4v) is 3.02. The monoisotopic (exact) mass is 276 g/mol. The van der Waals surface area contributed by atoms with Gasteiger partial charge in [0.25, 0.3) is 0 Å². The molecule has 20 heavy (non-hydrogen) atoms. The predicted molar refractivity (Wildman–Crippen MR) is 77.1 cm³/mol. The largest absolute Gasteiger partial charge is 0.467 e. The Morgan fingerprint density at radius 1 is 1.30 bits per heavy atom. The lowest BCUT2D eigenvalue weighted by molar-refractivity contribution is -0.133. The summed E-state index contributed by atoms with van der Waals surface area (Å²) >= 11 is 0. The van der Waals surface area contributed by atoms with Gasteiger partial charge in [0.15, 0.2) is 0 Å². The zero-order chi connectivity index (χ0) is 13.8. The van der Waals surface area contributed by atoms with Gasteiger partial charge in [0.2, 0.25) is 5.91 Å². The third kappa shape index (κ3) is 3.63. The second kappa shape index (κ2) is 6.44. The van der Waals surface area contributed by atoms with Crippen molar-refractivity contribution in [1.82, 2.24) is 10.2 Å². The van der Waals surface area contributed by atoms with Crippen molar-refractivity contribution < 1.29 is 9.21 Å². The number of hydrogen-bond donors (Lipinski definition) is 1. The molecule has 4 nitrogen and oxygen atoms in total. The van der Waals surface area contributed by atoms with Crippen LogP contribution >= 0.6 is 0 Å². The number of nitrogens with one attached hydrogen (secondary N) is 1. The van der Waals surface area contributed by atoms with Gasteiger partial charge in [-0.3, -0.25) is 4.79 Å². The summed E-state index contributed by atoms with van der Waals surface area (Å²) in [6.07, 6.45) is 8.16. The van der Waals surface area contributed by atoms with Gasteiger partial charge in [-0.1, -0.05) is 0 Å². The lowest BCUT2D eigenvalue weighted by Gasteiger charge is -2.25. The summed E-state index contributed by atoms with van der Waals surface area (Å²) in [5.41, 5.74) is 0. The fraction of sp³-hybridized carbons (Fsp3) is 0.688. The molecule has 2 fully saturated rings. The van der Waals surface area contributed by atoms with Crippen molar-refractivity contribution in [1.29, 1.82) is 0 Å². The normalized spacial score (nSPS) is 20.0. The van der Waals surface area contributed by atoms with E-state index in [4.69, 9.17) is 4.42 Å². The van der Waals surface area contributed by atoms with Crippen LogP contribution in [0.25, 0.3) is 0 Å². The number of furan rings is 1. The molecule has 0 bridgehead atoms. The van der Waals surface area contributed by atoms with E-state index in [1.165, 1.54) is 12.8 Å². The highest BCUT2D eigenvalue weighted by Gasteiger charge is 2.33. The minimum atomic E-state index is 0.308. The van der Waals surface area contributed by atoms with E-state index < -0.39 is 0 Å². The molecule has 4 heteroatoms. The highest BCUT2D eigenvalue weighted by Crippen LogP contribution is 2.30. The number of amides is 1. The van der Waals surface area contributed by atoms with Crippen molar-refractivity contribution in [3.63, 3.8) is 0 Å². The summed E-state index contributed by atoms with van der Waals surface area (Å²) in [6, 6.07) is 4.30. The Balaban J connectivity index is 1.50. The Morgan fingerprint density at radius 2 is 2.10 bits per heavy atom. The van der Waals surface area contributed by atoms with Gasteiger partial charge in [-0.05, 0) is 63.2 Å². The summed E-state index contributed by atoms with van der Waals surface area (Å²) in [7, 11) is 0. The number of hydrogen-bond acceptors (Lipinski definition) is 3. The molecule has 2 aliphatic rings. The molecule has 1 amide bonds. The van der Waals surface area contributed by atoms with Crippen molar-refractivity contribution >= 4 is 5.91 Å². The Kier molecular flexibility index (Phi) is 4.41. The van der Waals surface area contributed by atoms with E-state index in [1.807, 2.05) is 17.0 Å². The second-order valence-corrected chi connectivity index (χ2v) is 6.06. The molecule has 2 heterocycles. The number of rotatable bonds is 6. The second-order valence-electron chi connectivity index (χ2n) is 6.06. The first kappa shape index (κ1) is 13.7. The zero-order valence-electron chi connectivity index (χ0n) is 12.0. The summed E-state index contributed by atoms with van der Waals surface area (Å²) in [5.74, 6) is 1.93. The Morgan fingerprint density at radius 3 is 2.75 bits per heavy atom. The molecule has 1 N–H and O–H groups in total. The van der Waals surface area contributed by atoms with Gasteiger partial charge >= 0.3 is 0 Å². The van der Waals surface area contributed by atoms with Crippen LogP contribution in [0.2, 0.25) is 0 Å². The van der Waals surface area contributed by atoms with Crippen LogP contribution in [-0.2, 0) is 11.3 Å². The van der Waals surface area contributed by atoms with Gasteiger partial charge in [0.1, 0.15) is 5.76 Å². The summed E-state index contributed by atoms with van der Waals surface area (Å²) in [5, 5.41) is 3.38. The Hall–Kier alpha value is -1.29. The standard InChI is InChI=1S/C16H24N2O2/c19-16(6-3-13-7-9-17-10-8-13)18(14-4-5-14)12-15-2-1-11-20-15/h1-2,11,13-14,17H,3-10,12H2. The molecule has 1 aromatic rings. The van der Waals surface area contributed by atoms with E-state index in [9.17, 15) is 4.79 Å². The van der Waals surface area contributed by atoms with Crippen LogP contribution in [0.4, 0.5) is 0 Å². The minimum absolute atomic E-state index is 0.308. The Bertz CT molecular complexity index is 420. The SMILES string of the molecule is O=C(CCC1CCNCC1)N(Cc1ccco1)C1CC1. The van der Waals surface area contributed by atoms with Crippen molar-refractivity contribution in [2.24, 2.45) is 5.92 Å². The number of nitrogens with zero attached hydrogens (tertiary/aromatic N) is 1. The molecule has 0 radical (unpaired) electrons. The molecule has 0 unspecified atom stereocenters. The molecular formula is C16H24N2O2. The van der Waals surface area contributed by atoms with Gasteiger partial charge in [0, 0.05) is 12.5 Å². The minimum Gasteiger partial charge on any atom is -0.467 e. The molecular weight excluding hydrogens is 252 g/mol. The molecule has 3 rings (SSSR count). The highest BCUT2D eigenvalue weighted by molar-refractivity contribution is 5.76. The average Bonchev–Trinajstić information content (AvgIpc) is 3.20. The third-order valence-electron chi connectivity index (χ3n) is 4.44. The third-order valence-corrected chi connectivity index (χ3v) is 4.44. The van der Waals surface area contributed by atoms with Crippen LogP contribution in [0.3, 0.4) is 0 Å². The molecule has 0 spiro atoms. The van der Waals surface area contributed by atoms with Crippen molar-refractivity contribution in [2.45, 2.75) is 51.1 Å². The molecule has 0 atom stereocenters. The maximum atomic E-state index is 12.5. The van der Waals surface area contributed by atoms with Crippen LogP contribution in [0.15, 0.2) is 22.8 Å². The number of piperidine rings is 1. The summed E-state index contributed by atoms with van der Waals surface area (Å²) < 4.78 is 5.38. The van der Waals surface area contributed by atoms with Crippen LogP contribution in [0, 0.1) is 5.92 Å². The molecule has 1 aromatic heterocycles. The lowest BCUT2D eigenvalue weighted by Crippen LogP contribution is -2.33. The molecule has 1 aliphatic heterocycles. The Labute approximate surface area is 120 Å². The van der Waals surface area contributed by atoms with Crippen molar-refractivity contribution in [3.05, 3.63) is 24.2 Å². The number of carbonyl (C=O) groups is 1. The summed E-state index contributed by atoms with van der Waals surface area (Å²) in [6.45, 7) is 2.86. The summed E-state index contributed by atoms with van der Waals surface area (Å²) in [4.78, 5) is 14.5. The quantitative estimate of drug-likeness (QED) is 0.868. The lowest BCUT2D eigenvalue weighted by atomic mass is 9.93. The van der Waals surface area contributed by atoms with Crippen molar-refractivity contribution in [2.75, 3.05) is 13.1 Å². The van der Waals surface area contributed by atoms with Gasteiger partial charge in [-0.2, -0.15) is 0 Å². The van der Waals surface area contributed by atoms with E-state index in [1.54, 1.807) is 6.26 Å². The van der Waals surface area contributed by atoms with Crippen LogP contribution in [-0.4, -0.2) is 29.9 Å². The van der Waals surface area contributed by atoms with Crippen LogP contribution < -0.4 is 5.32 Å². The topological polar surface area (TPSA) is 45.5 Å². The first-order chi connectivity index (χ1) is 9.83. The number of carbonyl (C=O) groups excluding carboxylic acids is 1. The van der Waals surface area contributed by atoms with Gasteiger partial charge in [0.05, 0.1) is 12.8 Å². The first-order valence-corrected chi connectivity index (χ1v) is 7.85. The average molecular weight is 276 g/mol. The van der Waals surface area contributed by atoms with E-state index in [0.717, 1.165) is 44.0 Å². The molecule has 1 saturated heterocycles. The van der Waals surface area contributed by atoms with Crippen LogP contribution in [0.1, 0.15) is 44.3 Å². The van der Waals surface area contributed by atoms with E-state index >= 15 is 0 Å². The highest BCUT2D eigenvalue weighted by atomic mass is 16.3. The smallest absolute Gasteiger partial charge is 0.223 e. The van der Waals surface area contributed by atoms with E-state index in [-0.39, 0.29) is 0 Å². The van der Waals surface area contributed by atoms with Gasteiger partial charge < -0.3 is 14.6 Å². The molecule has 110 valence electrons. The van der Waals surface area contributed by atoms with Crippen molar-refractivity contribution in [3.8, 4) is 0 Å². The first-order valence-electron chi connectivity index (χ1n) is 7.85. The predicted octanol–water partition coefficient (Wildman–Crippen LogP) is 2.55.